The van der Waals surface area contributed by atoms with E-state index in [1.807, 2.05) is 18.2 Å². The van der Waals surface area contributed by atoms with Gasteiger partial charge in [-0.15, -0.1) is 0 Å². The molecule has 0 spiro atoms. The van der Waals surface area contributed by atoms with Crippen LogP contribution in [0.25, 0.3) is 0 Å². The normalized spacial score (nSPS) is 33.2. The van der Waals surface area contributed by atoms with Gasteiger partial charge in [0.1, 0.15) is 6.10 Å². The lowest BCUT2D eigenvalue weighted by Gasteiger charge is -2.42. The van der Waals surface area contributed by atoms with Crippen LogP contribution >= 0.6 is 0 Å². The third-order valence-corrected chi connectivity index (χ3v) is 6.25. The molecular weight excluding hydrogens is 274 g/mol. The third-order valence-electron chi connectivity index (χ3n) is 6.25. The van der Waals surface area contributed by atoms with E-state index in [2.05, 4.69) is 24.1 Å². The second-order valence-electron chi connectivity index (χ2n) is 7.35. The summed E-state index contributed by atoms with van der Waals surface area (Å²) in [5, 5.41) is 0. The maximum absolute atomic E-state index is 12.9. The summed E-state index contributed by atoms with van der Waals surface area (Å²) in [6, 6.07) is 11.5. The summed E-state index contributed by atoms with van der Waals surface area (Å²) >= 11 is 0. The van der Waals surface area contributed by atoms with Gasteiger partial charge in [0, 0.05) is 12.1 Å². The van der Waals surface area contributed by atoms with E-state index < -0.39 is 0 Å². The van der Waals surface area contributed by atoms with Crippen LogP contribution in [0.5, 0.6) is 0 Å². The van der Waals surface area contributed by atoms with Gasteiger partial charge in [-0.05, 0) is 51.1 Å². The third kappa shape index (κ3) is 2.18. The summed E-state index contributed by atoms with van der Waals surface area (Å²) in [7, 11) is 2.22. The van der Waals surface area contributed by atoms with E-state index in [1.54, 1.807) is 0 Å². The van der Waals surface area contributed by atoms with Crippen molar-refractivity contribution in [1.29, 1.82) is 0 Å². The van der Waals surface area contributed by atoms with Crippen LogP contribution in [-0.4, -0.2) is 36.1 Å². The van der Waals surface area contributed by atoms with Crippen LogP contribution in [-0.2, 0) is 14.9 Å². The molecule has 118 valence electrons. The summed E-state index contributed by atoms with van der Waals surface area (Å²) < 4.78 is 6.02. The zero-order chi connectivity index (χ0) is 15.2. The van der Waals surface area contributed by atoms with Gasteiger partial charge < -0.3 is 9.64 Å². The van der Waals surface area contributed by atoms with Crippen LogP contribution in [0.3, 0.4) is 0 Å². The fraction of sp³-hybridized carbons (Fsp3) is 0.632. The van der Waals surface area contributed by atoms with E-state index in [9.17, 15) is 4.79 Å². The average Bonchev–Trinajstić information content (AvgIpc) is 2.70. The Kier molecular flexibility index (Phi) is 3.48. The van der Waals surface area contributed by atoms with Crippen molar-refractivity contribution in [2.45, 2.75) is 68.5 Å². The average molecular weight is 299 g/mol. The lowest BCUT2D eigenvalue weighted by atomic mass is 9.64. The summed E-state index contributed by atoms with van der Waals surface area (Å²) in [6.07, 6.45) is 7.70. The number of carbonyl (C=O) groups excluding carboxylic acids is 1. The Morgan fingerprint density at radius 1 is 1.14 bits per heavy atom. The lowest BCUT2D eigenvalue weighted by Crippen LogP contribution is -2.48. The van der Waals surface area contributed by atoms with Crippen LogP contribution in [0.1, 0.15) is 50.5 Å². The number of rotatable bonds is 3. The van der Waals surface area contributed by atoms with Gasteiger partial charge in [-0.1, -0.05) is 36.8 Å². The van der Waals surface area contributed by atoms with Crippen LogP contribution < -0.4 is 0 Å². The minimum Gasteiger partial charge on any atom is -0.462 e. The predicted molar refractivity (Wildman–Crippen MR) is 85.7 cm³/mol. The Bertz CT molecular complexity index is 538. The Hall–Kier alpha value is -1.35. The number of hydrogen-bond donors (Lipinski definition) is 0. The smallest absolute Gasteiger partial charge is 0.316 e. The zero-order valence-corrected chi connectivity index (χ0v) is 13.3. The van der Waals surface area contributed by atoms with E-state index >= 15 is 0 Å². The van der Waals surface area contributed by atoms with Crippen molar-refractivity contribution in [2.24, 2.45) is 0 Å². The highest BCUT2D eigenvalue weighted by Gasteiger charge is 2.49. The molecule has 3 aliphatic rings. The molecule has 0 aromatic heterocycles. The summed E-state index contributed by atoms with van der Waals surface area (Å²) in [4.78, 5) is 15.4. The maximum atomic E-state index is 12.9. The maximum Gasteiger partial charge on any atom is 0.316 e. The number of hydrogen-bond acceptors (Lipinski definition) is 3. The van der Waals surface area contributed by atoms with E-state index in [0.29, 0.717) is 12.1 Å². The van der Waals surface area contributed by atoms with Crippen LogP contribution in [0.4, 0.5) is 0 Å². The summed E-state index contributed by atoms with van der Waals surface area (Å²) in [6.45, 7) is 0. The minimum absolute atomic E-state index is 0.0268. The molecule has 2 heterocycles. The summed E-state index contributed by atoms with van der Waals surface area (Å²) in [5.41, 5.74) is 0.783. The number of nitrogens with zero attached hydrogens (tertiary/aromatic N) is 1. The lowest BCUT2D eigenvalue weighted by molar-refractivity contribution is -0.163. The van der Waals surface area contributed by atoms with Gasteiger partial charge in [0.15, 0.2) is 0 Å². The van der Waals surface area contributed by atoms with E-state index in [4.69, 9.17) is 4.74 Å². The molecule has 0 N–H and O–H groups in total. The topological polar surface area (TPSA) is 29.5 Å². The Balaban J connectivity index is 1.48. The summed E-state index contributed by atoms with van der Waals surface area (Å²) in [5.74, 6) is 0.0268. The fourth-order valence-corrected chi connectivity index (χ4v) is 4.62. The Labute approximate surface area is 132 Å². The molecule has 3 heteroatoms. The van der Waals surface area contributed by atoms with Crippen molar-refractivity contribution in [3.05, 3.63) is 35.9 Å². The first kappa shape index (κ1) is 14.3. The van der Waals surface area contributed by atoms with Crippen LogP contribution in [0, 0.1) is 0 Å². The molecule has 2 saturated heterocycles. The highest BCUT2D eigenvalue weighted by atomic mass is 16.5. The first-order valence-corrected chi connectivity index (χ1v) is 8.67. The first-order chi connectivity index (χ1) is 10.7. The molecule has 4 rings (SSSR count). The molecule has 1 aliphatic carbocycles. The molecule has 22 heavy (non-hydrogen) atoms. The van der Waals surface area contributed by atoms with Crippen LogP contribution in [0.15, 0.2) is 30.3 Å². The van der Waals surface area contributed by atoms with Crippen molar-refractivity contribution in [2.75, 3.05) is 7.05 Å². The number of carbonyl (C=O) groups is 1. The highest BCUT2D eigenvalue weighted by Crippen LogP contribution is 2.46. The van der Waals surface area contributed by atoms with Gasteiger partial charge >= 0.3 is 5.97 Å². The molecule has 1 unspecified atom stereocenters. The highest BCUT2D eigenvalue weighted by molar-refractivity contribution is 5.84. The minimum atomic E-state index is -0.357. The quantitative estimate of drug-likeness (QED) is 0.802. The molecular formula is C19H25NO2. The molecule has 0 radical (unpaired) electrons. The van der Waals surface area contributed by atoms with E-state index in [1.165, 1.54) is 12.8 Å². The van der Waals surface area contributed by atoms with Crippen molar-refractivity contribution in [3.8, 4) is 0 Å². The number of ether oxygens (including phenoxy) is 1. The molecule has 3 fully saturated rings. The van der Waals surface area contributed by atoms with Gasteiger partial charge in [0.05, 0.1) is 5.41 Å². The number of benzene rings is 1. The van der Waals surface area contributed by atoms with Gasteiger partial charge in [0.25, 0.3) is 0 Å². The molecule has 1 saturated carbocycles. The standard InChI is InChI=1S/C19H25NO2/c1-20-15-8-9-16(20)13-17(12-15)22-18(21)19(10-5-11-19)14-6-3-2-4-7-14/h2-4,6-7,15-17H,5,8-13H2,1H3/t15-,16+,17?. The van der Waals surface area contributed by atoms with Crippen molar-refractivity contribution < 1.29 is 9.53 Å². The van der Waals surface area contributed by atoms with E-state index in [-0.39, 0.29) is 17.5 Å². The molecule has 0 amide bonds. The Morgan fingerprint density at radius 3 is 2.32 bits per heavy atom. The SMILES string of the molecule is CN1[C@@H]2CC[C@H]1CC(OC(=O)C1(c3ccccc3)CCC1)C2. The zero-order valence-electron chi connectivity index (χ0n) is 13.3. The molecule has 2 aliphatic heterocycles. The monoisotopic (exact) mass is 299 g/mol. The number of fused-ring (bicyclic) bond motifs is 2. The molecule has 1 aromatic carbocycles. The predicted octanol–water partition coefficient (Wildman–Crippen LogP) is 3.28. The molecule has 3 nitrogen and oxygen atoms in total. The largest absolute Gasteiger partial charge is 0.462 e. The van der Waals surface area contributed by atoms with Gasteiger partial charge in [-0.3, -0.25) is 4.79 Å². The van der Waals surface area contributed by atoms with Crippen molar-refractivity contribution in [3.63, 3.8) is 0 Å². The van der Waals surface area contributed by atoms with E-state index in [0.717, 1.165) is 37.7 Å². The Morgan fingerprint density at radius 2 is 1.77 bits per heavy atom. The van der Waals surface area contributed by atoms with Crippen molar-refractivity contribution in [1.82, 2.24) is 4.90 Å². The number of esters is 1. The number of piperidine rings is 1. The van der Waals surface area contributed by atoms with Crippen molar-refractivity contribution >= 4 is 5.97 Å². The molecule has 3 atom stereocenters. The second-order valence-corrected chi connectivity index (χ2v) is 7.35. The first-order valence-electron chi connectivity index (χ1n) is 8.67. The second kappa shape index (κ2) is 5.38. The molecule has 1 aromatic rings. The fourth-order valence-electron chi connectivity index (χ4n) is 4.62. The molecule has 2 bridgehead atoms. The van der Waals surface area contributed by atoms with Gasteiger partial charge in [-0.25, -0.2) is 0 Å². The van der Waals surface area contributed by atoms with Gasteiger partial charge in [0.2, 0.25) is 0 Å². The van der Waals surface area contributed by atoms with Gasteiger partial charge in [-0.2, -0.15) is 0 Å². The van der Waals surface area contributed by atoms with Crippen LogP contribution in [0.2, 0.25) is 0 Å².